The summed E-state index contributed by atoms with van der Waals surface area (Å²) in [6.07, 6.45) is 3.36. The second-order valence-electron chi connectivity index (χ2n) is 5.01. The number of carbonyl (C=O) groups is 1. The third kappa shape index (κ3) is 3.01. The van der Waals surface area contributed by atoms with E-state index in [2.05, 4.69) is 20.6 Å². The van der Waals surface area contributed by atoms with Gasteiger partial charge in [-0.25, -0.2) is 9.97 Å². The standard InChI is InChI=1S/C14H15ClN4OS/c1-16-12-6-11(17-7-18-12)8-4-9(5-8)19-14(20)13-10(15)2-3-21-13/h2-3,6-9H,4-5H2,1H3,(H,19,20)(H,16,17,18). The van der Waals surface area contributed by atoms with E-state index in [1.807, 2.05) is 18.5 Å². The molecule has 0 radical (unpaired) electrons. The summed E-state index contributed by atoms with van der Waals surface area (Å²) in [5.74, 6) is 1.11. The second kappa shape index (κ2) is 5.99. The first-order valence-electron chi connectivity index (χ1n) is 6.71. The fourth-order valence-corrected chi connectivity index (χ4v) is 3.46. The van der Waals surface area contributed by atoms with Gasteiger partial charge in [-0.3, -0.25) is 4.79 Å². The summed E-state index contributed by atoms with van der Waals surface area (Å²) < 4.78 is 0. The number of nitrogens with one attached hydrogen (secondary N) is 2. The highest BCUT2D eigenvalue weighted by atomic mass is 35.5. The number of thiophene rings is 1. The minimum Gasteiger partial charge on any atom is -0.373 e. The van der Waals surface area contributed by atoms with Crippen LogP contribution in [0.2, 0.25) is 5.02 Å². The van der Waals surface area contributed by atoms with Crippen LogP contribution in [0.4, 0.5) is 5.82 Å². The zero-order chi connectivity index (χ0) is 14.8. The molecule has 5 nitrogen and oxygen atoms in total. The van der Waals surface area contributed by atoms with Gasteiger partial charge in [0.25, 0.3) is 5.91 Å². The molecule has 1 aliphatic carbocycles. The first kappa shape index (κ1) is 14.3. The molecular formula is C14H15ClN4OS. The molecule has 1 saturated carbocycles. The molecule has 1 amide bonds. The third-order valence-electron chi connectivity index (χ3n) is 3.66. The molecule has 1 fully saturated rings. The van der Waals surface area contributed by atoms with Crippen molar-refractivity contribution in [3.05, 3.63) is 39.4 Å². The summed E-state index contributed by atoms with van der Waals surface area (Å²) in [5, 5.41) is 8.36. The van der Waals surface area contributed by atoms with Crippen molar-refractivity contribution in [2.45, 2.75) is 24.8 Å². The predicted molar refractivity (Wildman–Crippen MR) is 84.1 cm³/mol. The Labute approximate surface area is 131 Å². The lowest BCUT2D eigenvalue weighted by Crippen LogP contribution is -2.43. The Morgan fingerprint density at radius 2 is 2.24 bits per heavy atom. The molecule has 2 aromatic rings. The highest BCUT2D eigenvalue weighted by Gasteiger charge is 2.33. The molecule has 2 heterocycles. The van der Waals surface area contributed by atoms with E-state index in [1.54, 1.807) is 12.4 Å². The van der Waals surface area contributed by atoms with Crippen molar-refractivity contribution in [2.24, 2.45) is 0 Å². The number of rotatable bonds is 4. The maximum Gasteiger partial charge on any atom is 0.263 e. The Kier molecular flexibility index (Phi) is 4.07. The molecule has 1 aliphatic rings. The number of hydrogen-bond acceptors (Lipinski definition) is 5. The molecule has 21 heavy (non-hydrogen) atoms. The van der Waals surface area contributed by atoms with Crippen molar-refractivity contribution < 1.29 is 4.79 Å². The van der Waals surface area contributed by atoms with Crippen molar-refractivity contribution in [1.82, 2.24) is 15.3 Å². The SMILES string of the molecule is CNc1cc(C2CC(NC(=O)c3sccc3Cl)C2)ncn1. The van der Waals surface area contributed by atoms with Gasteiger partial charge in [0, 0.05) is 30.8 Å². The summed E-state index contributed by atoms with van der Waals surface area (Å²) in [4.78, 5) is 21.0. The monoisotopic (exact) mass is 322 g/mol. The molecule has 0 atom stereocenters. The van der Waals surface area contributed by atoms with Crippen LogP contribution in [0.25, 0.3) is 0 Å². The van der Waals surface area contributed by atoms with Crippen molar-refractivity contribution in [3.8, 4) is 0 Å². The third-order valence-corrected chi connectivity index (χ3v) is 5.00. The number of nitrogens with zero attached hydrogens (tertiary/aromatic N) is 2. The number of carbonyl (C=O) groups excluding carboxylic acids is 1. The van der Waals surface area contributed by atoms with Crippen molar-refractivity contribution in [2.75, 3.05) is 12.4 Å². The quantitative estimate of drug-likeness (QED) is 0.908. The lowest BCUT2D eigenvalue weighted by Gasteiger charge is -2.35. The Balaban J connectivity index is 1.56. The van der Waals surface area contributed by atoms with Gasteiger partial charge in [0.2, 0.25) is 0 Å². The van der Waals surface area contributed by atoms with Gasteiger partial charge in [-0.2, -0.15) is 0 Å². The maximum absolute atomic E-state index is 12.1. The number of hydrogen-bond donors (Lipinski definition) is 2. The van der Waals surface area contributed by atoms with Gasteiger partial charge in [0.1, 0.15) is 17.0 Å². The van der Waals surface area contributed by atoms with E-state index in [1.165, 1.54) is 11.3 Å². The average Bonchev–Trinajstić information content (AvgIpc) is 2.88. The van der Waals surface area contributed by atoms with Crippen LogP contribution in [0.3, 0.4) is 0 Å². The molecule has 0 aliphatic heterocycles. The van der Waals surface area contributed by atoms with Crippen LogP contribution in [0.15, 0.2) is 23.8 Å². The lowest BCUT2D eigenvalue weighted by atomic mass is 9.78. The number of amides is 1. The Morgan fingerprint density at radius 3 is 2.90 bits per heavy atom. The maximum atomic E-state index is 12.1. The van der Waals surface area contributed by atoms with E-state index in [0.717, 1.165) is 24.4 Å². The van der Waals surface area contributed by atoms with Crippen LogP contribution in [-0.4, -0.2) is 29.0 Å². The minimum atomic E-state index is -0.0861. The van der Waals surface area contributed by atoms with Crippen LogP contribution in [0.1, 0.15) is 34.1 Å². The molecule has 2 N–H and O–H groups in total. The molecule has 7 heteroatoms. The summed E-state index contributed by atoms with van der Waals surface area (Å²) in [6.45, 7) is 0. The highest BCUT2D eigenvalue weighted by Crippen LogP contribution is 2.36. The summed E-state index contributed by atoms with van der Waals surface area (Å²) in [5.41, 5.74) is 1.02. The van der Waals surface area contributed by atoms with E-state index < -0.39 is 0 Å². The average molecular weight is 323 g/mol. The molecular weight excluding hydrogens is 308 g/mol. The summed E-state index contributed by atoms with van der Waals surface area (Å²) in [7, 11) is 1.83. The largest absolute Gasteiger partial charge is 0.373 e. The Bertz CT molecular complexity index is 654. The van der Waals surface area contributed by atoms with Crippen LogP contribution < -0.4 is 10.6 Å². The Morgan fingerprint density at radius 1 is 1.43 bits per heavy atom. The van der Waals surface area contributed by atoms with Crippen LogP contribution in [0.5, 0.6) is 0 Å². The zero-order valence-corrected chi connectivity index (χ0v) is 13.0. The molecule has 0 saturated heterocycles. The normalized spacial score (nSPS) is 20.7. The second-order valence-corrected chi connectivity index (χ2v) is 6.34. The van der Waals surface area contributed by atoms with Crippen molar-refractivity contribution >= 4 is 34.7 Å². The van der Waals surface area contributed by atoms with E-state index in [-0.39, 0.29) is 11.9 Å². The van der Waals surface area contributed by atoms with Crippen LogP contribution in [-0.2, 0) is 0 Å². The number of anilines is 1. The Hall–Kier alpha value is -1.66. The summed E-state index contributed by atoms with van der Waals surface area (Å²) in [6, 6.07) is 3.89. The highest BCUT2D eigenvalue weighted by molar-refractivity contribution is 7.12. The molecule has 110 valence electrons. The smallest absolute Gasteiger partial charge is 0.263 e. The van der Waals surface area contributed by atoms with Crippen LogP contribution >= 0.6 is 22.9 Å². The van der Waals surface area contributed by atoms with Gasteiger partial charge in [0.15, 0.2) is 0 Å². The van der Waals surface area contributed by atoms with E-state index >= 15 is 0 Å². The molecule has 3 rings (SSSR count). The summed E-state index contributed by atoms with van der Waals surface area (Å²) >= 11 is 7.33. The van der Waals surface area contributed by atoms with Gasteiger partial charge in [-0.15, -0.1) is 11.3 Å². The molecule has 2 aromatic heterocycles. The van der Waals surface area contributed by atoms with Gasteiger partial charge < -0.3 is 10.6 Å². The van der Waals surface area contributed by atoms with Gasteiger partial charge in [-0.05, 0) is 24.3 Å². The minimum absolute atomic E-state index is 0.0861. The van der Waals surface area contributed by atoms with E-state index in [9.17, 15) is 4.79 Å². The van der Waals surface area contributed by atoms with E-state index in [4.69, 9.17) is 11.6 Å². The molecule has 0 spiro atoms. The van der Waals surface area contributed by atoms with E-state index in [0.29, 0.717) is 15.8 Å². The first-order chi connectivity index (χ1) is 10.2. The first-order valence-corrected chi connectivity index (χ1v) is 7.96. The van der Waals surface area contributed by atoms with Crippen molar-refractivity contribution in [1.29, 1.82) is 0 Å². The molecule has 0 bridgehead atoms. The van der Waals surface area contributed by atoms with Gasteiger partial charge in [-0.1, -0.05) is 11.6 Å². The fourth-order valence-electron chi connectivity index (χ4n) is 2.42. The number of aromatic nitrogens is 2. The zero-order valence-electron chi connectivity index (χ0n) is 11.5. The van der Waals surface area contributed by atoms with Gasteiger partial charge >= 0.3 is 0 Å². The topological polar surface area (TPSA) is 66.9 Å². The predicted octanol–water partition coefficient (Wildman–Crippen LogP) is 2.91. The molecule has 0 aromatic carbocycles. The van der Waals surface area contributed by atoms with Crippen LogP contribution in [0, 0.1) is 0 Å². The van der Waals surface area contributed by atoms with Gasteiger partial charge in [0.05, 0.1) is 5.02 Å². The van der Waals surface area contributed by atoms with Crippen molar-refractivity contribution in [3.63, 3.8) is 0 Å². The fraction of sp³-hybridized carbons (Fsp3) is 0.357. The molecule has 0 unspecified atom stereocenters. The number of halogens is 1. The lowest BCUT2D eigenvalue weighted by molar-refractivity contribution is 0.0912.